The third-order valence-corrected chi connectivity index (χ3v) is 3.48. The molecular weight excluding hydrogens is 198 g/mol. The smallest absolute Gasteiger partial charge is 0.327 e. The Kier molecular flexibility index (Phi) is 5.78. The summed E-state index contributed by atoms with van der Waals surface area (Å²) in [6.07, 6.45) is 9.15. The lowest BCUT2D eigenvalue weighted by atomic mass is 10.0. The largest absolute Gasteiger partial charge is 0.351 e. The van der Waals surface area contributed by atoms with Crippen molar-refractivity contribution in [1.82, 2.24) is 10.3 Å². The Balaban J connectivity index is 2.10. The van der Waals surface area contributed by atoms with Crippen LogP contribution < -0.4 is 16.0 Å². The highest BCUT2D eigenvalue weighted by Gasteiger charge is 2.11. The van der Waals surface area contributed by atoms with Gasteiger partial charge in [0.15, 0.2) is 0 Å². The molecule has 0 spiro atoms. The molecule has 0 unspecified atom stereocenters. The lowest BCUT2D eigenvalue weighted by molar-refractivity contribution is 0.248. The first-order chi connectivity index (χ1) is 6.79. The molecule has 0 radical (unpaired) electrons. The summed E-state index contributed by atoms with van der Waals surface area (Å²) in [5.74, 6) is 0. The van der Waals surface area contributed by atoms with Crippen LogP contribution in [0.4, 0.5) is 4.79 Å². The molecule has 0 heterocycles. The Hall–Kier alpha value is -0.420. The van der Waals surface area contributed by atoms with Crippen LogP contribution in [-0.4, -0.2) is 11.3 Å². The minimum atomic E-state index is -0.525. The number of amides is 2. The minimum absolute atomic E-state index is 0.525. The van der Waals surface area contributed by atoms with Crippen LogP contribution in [-0.2, 0) is 0 Å². The van der Waals surface area contributed by atoms with E-state index in [1.165, 1.54) is 44.9 Å². The molecule has 0 aromatic rings. The highest BCUT2D eigenvalue weighted by molar-refractivity contribution is 7.97. The molecule has 14 heavy (non-hydrogen) atoms. The van der Waals surface area contributed by atoms with Crippen molar-refractivity contribution >= 4 is 18.0 Å². The van der Waals surface area contributed by atoms with Crippen molar-refractivity contribution in [2.24, 2.45) is 5.73 Å². The van der Waals surface area contributed by atoms with Crippen molar-refractivity contribution in [3.8, 4) is 0 Å². The second kappa shape index (κ2) is 6.95. The summed E-state index contributed by atoms with van der Waals surface area (Å²) in [6, 6.07) is -0.525. The molecule has 82 valence electrons. The minimum Gasteiger partial charge on any atom is -0.351 e. The summed E-state index contributed by atoms with van der Waals surface area (Å²) in [7, 11) is 0. The first-order valence-electron chi connectivity index (χ1n) is 5.25. The SMILES string of the molecule is NC(=O)NNSC1CCCCCCC1. The third-order valence-electron chi connectivity index (χ3n) is 2.45. The highest BCUT2D eigenvalue weighted by Crippen LogP contribution is 2.24. The maximum Gasteiger partial charge on any atom is 0.327 e. The summed E-state index contributed by atoms with van der Waals surface area (Å²) in [5, 5.41) is 0.613. The van der Waals surface area contributed by atoms with Gasteiger partial charge in [-0.25, -0.2) is 4.79 Å². The zero-order valence-corrected chi connectivity index (χ0v) is 9.24. The van der Waals surface area contributed by atoms with Gasteiger partial charge in [0.25, 0.3) is 0 Å². The number of nitrogens with two attached hydrogens (primary N) is 1. The van der Waals surface area contributed by atoms with Gasteiger partial charge in [-0.3, -0.25) is 5.43 Å². The molecule has 4 nitrogen and oxygen atoms in total. The number of urea groups is 1. The van der Waals surface area contributed by atoms with Crippen molar-refractivity contribution in [3.63, 3.8) is 0 Å². The number of primary amides is 1. The van der Waals surface area contributed by atoms with Gasteiger partial charge in [0.2, 0.25) is 0 Å². The first-order valence-corrected chi connectivity index (χ1v) is 6.13. The Morgan fingerprint density at radius 1 is 1.14 bits per heavy atom. The van der Waals surface area contributed by atoms with Crippen LogP contribution in [0.5, 0.6) is 0 Å². The third kappa shape index (κ3) is 5.34. The standard InChI is InChI=1S/C9H19N3OS/c10-9(13)11-12-14-8-6-4-2-1-3-5-7-8/h8,12H,1-7H2,(H3,10,11,13). The number of rotatable bonds is 3. The topological polar surface area (TPSA) is 67.2 Å². The van der Waals surface area contributed by atoms with Gasteiger partial charge in [0.1, 0.15) is 0 Å². The number of carbonyl (C=O) groups is 1. The van der Waals surface area contributed by atoms with Gasteiger partial charge < -0.3 is 5.73 Å². The monoisotopic (exact) mass is 217 g/mol. The van der Waals surface area contributed by atoms with Gasteiger partial charge in [0.05, 0.1) is 0 Å². The van der Waals surface area contributed by atoms with Crippen LogP contribution in [0.2, 0.25) is 0 Å². The number of carbonyl (C=O) groups excluding carboxylic acids is 1. The molecule has 0 aliphatic heterocycles. The molecule has 1 fully saturated rings. The zero-order valence-electron chi connectivity index (χ0n) is 8.42. The molecule has 0 aromatic carbocycles. The van der Waals surface area contributed by atoms with Gasteiger partial charge in [0, 0.05) is 5.25 Å². The molecule has 1 aliphatic rings. The summed E-state index contributed by atoms with van der Waals surface area (Å²) in [6.45, 7) is 0. The second-order valence-electron chi connectivity index (χ2n) is 3.68. The summed E-state index contributed by atoms with van der Waals surface area (Å²) < 4.78 is 0. The molecule has 0 saturated heterocycles. The van der Waals surface area contributed by atoms with E-state index in [4.69, 9.17) is 5.73 Å². The van der Waals surface area contributed by atoms with E-state index < -0.39 is 6.03 Å². The lowest BCUT2D eigenvalue weighted by Crippen LogP contribution is -2.38. The highest BCUT2D eigenvalue weighted by atomic mass is 32.2. The summed E-state index contributed by atoms with van der Waals surface area (Å²) in [5.41, 5.74) is 7.32. The number of hydrogen-bond donors (Lipinski definition) is 3. The first kappa shape index (κ1) is 11.7. The van der Waals surface area contributed by atoms with Crippen molar-refractivity contribution in [3.05, 3.63) is 0 Å². The Morgan fingerprint density at radius 2 is 1.71 bits per heavy atom. The van der Waals surface area contributed by atoms with Gasteiger partial charge in [-0.15, -0.1) is 0 Å². The van der Waals surface area contributed by atoms with Crippen LogP contribution in [0.15, 0.2) is 0 Å². The van der Waals surface area contributed by atoms with Crippen molar-refractivity contribution in [1.29, 1.82) is 0 Å². The zero-order chi connectivity index (χ0) is 10.2. The molecule has 2 amide bonds. The average molecular weight is 217 g/mol. The molecule has 1 saturated carbocycles. The van der Waals surface area contributed by atoms with Crippen molar-refractivity contribution in [2.45, 2.75) is 50.2 Å². The Bertz CT molecular complexity index is 169. The summed E-state index contributed by atoms with van der Waals surface area (Å²) >= 11 is 1.59. The number of hydrazine groups is 1. The van der Waals surface area contributed by atoms with E-state index in [0.717, 1.165) is 0 Å². The Labute approximate surface area is 89.5 Å². The molecule has 0 bridgehead atoms. The van der Waals surface area contributed by atoms with Crippen molar-refractivity contribution in [2.75, 3.05) is 0 Å². The molecule has 0 aromatic heterocycles. The molecular formula is C9H19N3OS. The van der Waals surface area contributed by atoms with Crippen LogP contribution in [0.25, 0.3) is 0 Å². The van der Waals surface area contributed by atoms with Crippen LogP contribution in [0.1, 0.15) is 44.9 Å². The van der Waals surface area contributed by atoms with Gasteiger partial charge in [-0.05, 0) is 12.8 Å². The maximum atomic E-state index is 10.4. The Morgan fingerprint density at radius 3 is 2.29 bits per heavy atom. The van der Waals surface area contributed by atoms with Crippen LogP contribution >= 0.6 is 11.9 Å². The van der Waals surface area contributed by atoms with Crippen LogP contribution in [0.3, 0.4) is 0 Å². The van der Waals surface area contributed by atoms with E-state index in [1.807, 2.05) is 0 Å². The molecule has 1 rings (SSSR count). The maximum absolute atomic E-state index is 10.4. The predicted molar refractivity (Wildman–Crippen MR) is 59.6 cm³/mol. The van der Waals surface area contributed by atoms with Crippen molar-refractivity contribution < 1.29 is 4.79 Å². The molecule has 5 heteroatoms. The van der Waals surface area contributed by atoms with E-state index in [9.17, 15) is 4.79 Å². The second-order valence-corrected chi connectivity index (χ2v) is 4.78. The average Bonchev–Trinajstić information content (AvgIpc) is 2.07. The fourth-order valence-electron chi connectivity index (χ4n) is 1.70. The molecule has 1 aliphatic carbocycles. The van der Waals surface area contributed by atoms with E-state index >= 15 is 0 Å². The normalized spacial score (nSPS) is 19.7. The van der Waals surface area contributed by atoms with Gasteiger partial charge >= 0.3 is 6.03 Å². The van der Waals surface area contributed by atoms with Gasteiger partial charge in [-0.1, -0.05) is 44.1 Å². The van der Waals surface area contributed by atoms with E-state index in [0.29, 0.717) is 5.25 Å². The van der Waals surface area contributed by atoms with E-state index in [1.54, 1.807) is 11.9 Å². The van der Waals surface area contributed by atoms with Crippen LogP contribution in [0, 0.1) is 0 Å². The number of hydrogen-bond acceptors (Lipinski definition) is 3. The fraction of sp³-hybridized carbons (Fsp3) is 0.889. The van der Waals surface area contributed by atoms with E-state index in [-0.39, 0.29) is 0 Å². The molecule has 0 atom stereocenters. The van der Waals surface area contributed by atoms with E-state index in [2.05, 4.69) is 10.3 Å². The predicted octanol–water partition coefficient (Wildman–Crippen LogP) is 1.92. The fourth-order valence-corrected chi connectivity index (χ4v) is 2.59. The quantitative estimate of drug-likeness (QED) is 0.500. The lowest BCUT2D eigenvalue weighted by Gasteiger charge is -2.18. The molecule has 4 N–H and O–H groups in total. The number of nitrogens with one attached hydrogen (secondary N) is 2. The van der Waals surface area contributed by atoms with Gasteiger partial charge in [-0.2, -0.15) is 4.83 Å². The summed E-state index contributed by atoms with van der Waals surface area (Å²) in [4.78, 5) is 13.2.